The third kappa shape index (κ3) is 3.93. The van der Waals surface area contributed by atoms with E-state index in [4.69, 9.17) is 13.5 Å². The molecule has 116 valence electrons. The average molecular weight is 325 g/mol. The molecule has 0 bridgehead atoms. The van der Waals surface area contributed by atoms with Gasteiger partial charge in [0.05, 0.1) is 25.7 Å². The van der Waals surface area contributed by atoms with E-state index in [2.05, 4.69) is 0 Å². The predicted octanol–water partition coefficient (Wildman–Crippen LogP) is 2.44. The topological polar surface area (TPSA) is 86.1 Å². The van der Waals surface area contributed by atoms with Crippen molar-refractivity contribution in [3.8, 4) is 0 Å². The fraction of sp³-hybridized carbons (Fsp3) is 0.636. The zero-order valence-corrected chi connectivity index (χ0v) is 13.7. The van der Waals surface area contributed by atoms with Gasteiger partial charge in [-0.2, -0.15) is 4.31 Å². The SMILES string of the molecule is CCOP(=O)(OCC)[C@H](c1ccco1)N(C)S(C)(=O)=O. The van der Waals surface area contributed by atoms with Crippen LogP contribution < -0.4 is 0 Å². The molecule has 0 radical (unpaired) electrons. The molecule has 0 N–H and O–H groups in total. The summed E-state index contributed by atoms with van der Waals surface area (Å²) >= 11 is 0. The van der Waals surface area contributed by atoms with Gasteiger partial charge >= 0.3 is 7.60 Å². The van der Waals surface area contributed by atoms with Gasteiger partial charge in [-0.05, 0) is 26.0 Å². The fourth-order valence-electron chi connectivity index (χ4n) is 1.69. The van der Waals surface area contributed by atoms with Crippen molar-refractivity contribution in [2.24, 2.45) is 0 Å². The molecular weight excluding hydrogens is 305 g/mol. The van der Waals surface area contributed by atoms with Gasteiger partial charge in [0.15, 0.2) is 5.78 Å². The summed E-state index contributed by atoms with van der Waals surface area (Å²) in [4.78, 5) is 0. The maximum Gasteiger partial charge on any atom is 0.356 e. The Morgan fingerprint density at radius 2 is 1.90 bits per heavy atom. The average Bonchev–Trinajstić information content (AvgIpc) is 2.81. The van der Waals surface area contributed by atoms with Gasteiger partial charge in [0.2, 0.25) is 10.0 Å². The van der Waals surface area contributed by atoms with Crippen LogP contribution in [0.4, 0.5) is 0 Å². The van der Waals surface area contributed by atoms with Crippen LogP contribution in [0.2, 0.25) is 0 Å². The summed E-state index contributed by atoms with van der Waals surface area (Å²) in [6.07, 6.45) is 2.39. The number of hydrogen-bond acceptors (Lipinski definition) is 6. The van der Waals surface area contributed by atoms with Gasteiger partial charge < -0.3 is 13.5 Å². The van der Waals surface area contributed by atoms with Gasteiger partial charge in [-0.3, -0.25) is 4.57 Å². The molecule has 1 atom stereocenters. The molecule has 1 heterocycles. The van der Waals surface area contributed by atoms with E-state index in [1.165, 1.54) is 19.4 Å². The molecule has 0 saturated heterocycles. The van der Waals surface area contributed by atoms with Crippen molar-refractivity contribution in [3.05, 3.63) is 24.2 Å². The van der Waals surface area contributed by atoms with Crippen molar-refractivity contribution in [2.75, 3.05) is 26.5 Å². The summed E-state index contributed by atoms with van der Waals surface area (Å²) in [5, 5.41) is 0. The molecule has 7 nitrogen and oxygen atoms in total. The first-order valence-corrected chi connectivity index (χ1v) is 9.57. The summed E-state index contributed by atoms with van der Waals surface area (Å²) < 4.78 is 53.1. The normalized spacial score (nSPS) is 14.7. The first kappa shape index (κ1) is 17.4. The number of furan rings is 1. The molecule has 0 aliphatic rings. The lowest BCUT2D eigenvalue weighted by molar-refractivity contribution is 0.192. The van der Waals surface area contributed by atoms with Crippen LogP contribution in [0, 0.1) is 0 Å². The van der Waals surface area contributed by atoms with E-state index >= 15 is 0 Å². The van der Waals surface area contributed by atoms with E-state index in [9.17, 15) is 13.0 Å². The van der Waals surface area contributed by atoms with Crippen LogP contribution in [0.15, 0.2) is 22.8 Å². The largest absolute Gasteiger partial charge is 0.467 e. The monoisotopic (exact) mass is 325 g/mol. The van der Waals surface area contributed by atoms with Crippen molar-refractivity contribution in [3.63, 3.8) is 0 Å². The van der Waals surface area contributed by atoms with Crippen LogP contribution in [0.3, 0.4) is 0 Å². The van der Waals surface area contributed by atoms with Crippen LogP contribution in [-0.2, 0) is 23.6 Å². The molecule has 0 amide bonds. The van der Waals surface area contributed by atoms with Crippen molar-refractivity contribution in [2.45, 2.75) is 19.6 Å². The van der Waals surface area contributed by atoms with Crippen LogP contribution in [-0.4, -0.2) is 39.2 Å². The number of rotatable bonds is 8. The first-order chi connectivity index (χ1) is 9.26. The lowest BCUT2D eigenvalue weighted by Gasteiger charge is -2.30. The molecule has 0 saturated carbocycles. The molecule has 0 fully saturated rings. The van der Waals surface area contributed by atoms with Gasteiger partial charge in [-0.1, -0.05) is 0 Å². The maximum absolute atomic E-state index is 12.9. The summed E-state index contributed by atoms with van der Waals surface area (Å²) in [6, 6.07) is 3.12. The van der Waals surface area contributed by atoms with Gasteiger partial charge in [-0.15, -0.1) is 0 Å². The number of sulfonamides is 1. The molecule has 9 heteroatoms. The smallest absolute Gasteiger partial charge is 0.356 e. The fourth-order valence-corrected chi connectivity index (χ4v) is 4.95. The lowest BCUT2D eigenvalue weighted by Crippen LogP contribution is -2.31. The maximum atomic E-state index is 12.9. The van der Waals surface area contributed by atoms with Gasteiger partial charge in [0.25, 0.3) is 0 Å². The number of hydrogen-bond donors (Lipinski definition) is 0. The Labute approximate surface area is 119 Å². The summed E-state index contributed by atoms with van der Waals surface area (Å²) in [7, 11) is -6.01. The Bertz CT molecular complexity index is 545. The molecule has 0 unspecified atom stereocenters. The molecule has 1 aromatic rings. The molecule has 0 aromatic carbocycles. The Morgan fingerprint density at radius 3 is 2.25 bits per heavy atom. The molecule has 0 aliphatic carbocycles. The third-order valence-corrected chi connectivity index (χ3v) is 6.43. The van der Waals surface area contributed by atoms with Gasteiger partial charge in [-0.25, -0.2) is 8.42 Å². The van der Waals surface area contributed by atoms with E-state index in [1.54, 1.807) is 19.9 Å². The van der Waals surface area contributed by atoms with E-state index in [-0.39, 0.29) is 19.0 Å². The van der Waals surface area contributed by atoms with Crippen molar-refractivity contribution >= 4 is 17.6 Å². The minimum Gasteiger partial charge on any atom is -0.467 e. The van der Waals surface area contributed by atoms with Gasteiger partial charge in [0, 0.05) is 7.05 Å². The van der Waals surface area contributed by atoms with E-state index in [0.29, 0.717) is 0 Å². The third-order valence-electron chi connectivity index (χ3n) is 2.58. The Kier molecular flexibility index (Phi) is 5.97. The Hall–Kier alpha value is -0.660. The van der Waals surface area contributed by atoms with Gasteiger partial charge in [0.1, 0.15) is 5.76 Å². The second kappa shape index (κ2) is 6.87. The van der Waals surface area contributed by atoms with E-state index in [0.717, 1.165) is 10.6 Å². The Balaban J connectivity index is 3.33. The number of nitrogens with zero attached hydrogens (tertiary/aromatic N) is 1. The van der Waals surface area contributed by atoms with Crippen molar-refractivity contribution in [1.82, 2.24) is 4.31 Å². The zero-order valence-electron chi connectivity index (χ0n) is 12.0. The summed E-state index contributed by atoms with van der Waals surface area (Å²) in [5.41, 5.74) is 0. The highest BCUT2D eigenvalue weighted by atomic mass is 32.2. The van der Waals surface area contributed by atoms with Crippen LogP contribution >= 0.6 is 7.60 Å². The standard InChI is InChI=1S/C11H20NO6PS/c1-5-17-19(13,18-6-2)11(10-8-7-9-16-10)12(3)20(4,14)15/h7-9,11H,5-6H2,1-4H3/t11-/m1/s1. The Morgan fingerprint density at radius 1 is 1.35 bits per heavy atom. The minimum absolute atomic E-state index is 0.131. The molecule has 1 aromatic heterocycles. The quantitative estimate of drug-likeness (QED) is 0.682. The predicted molar refractivity (Wildman–Crippen MR) is 74.9 cm³/mol. The second-order valence-corrected chi connectivity index (χ2v) is 8.17. The highest BCUT2D eigenvalue weighted by Crippen LogP contribution is 2.62. The van der Waals surface area contributed by atoms with E-state index < -0.39 is 23.4 Å². The second-order valence-electron chi connectivity index (χ2n) is 4.04. The summed E-state index contributed by atoms with van der Waals surface area (Å²) in [6.45, 7) is 3.58. The molecular formula is C11H20NO6PS. The highest BCUT2D eigenvalue weighted by molar-refractivity contribution is 7.88. The van der Waals surface area contributed by atoms with Crippen molar-refractivity contribution < 1.29 is 26.4 Å². The van der Waals surface area contributed by atoms with Crippen LogP contribution in [0.5, 0.6) is 0 Å². The zero-order chi connectivity index (χ0) is 15.4. The van der Waals surface area contributed by atoms with Crippen molar-refractivity contribution in [1.29, 1.82) is 0 Å². The lowest BCUT2D eigenvalue weighted by atomic mass is 10.4. The molecule has 0 spiro atoms. The van der Waals surface area contributed by atoms with E-state index in [1.807, 2.05) is 0 Å². The summed E-state index contributed by atoms with van der Waals surface area (Å²) in [5.74, 6) is -0.935. The van der Waals surface area contributed by atoms with Crippen LogP contribution in [0.1, 0.15) is 25.4 Å². The molecule has 0 aliphatic heterocycles. The first-order valence-electron chi connectivity index (χ1n) is 6.11. The molecule has 1 rings (SSSR count). The minimum atomic E-state index is -3.72. The molecule has 20 heavy (non-hydrogen) atoms. The highest BCUT2D eigenvalue weighted by Gasteiger charge is 2.44. The van der Waals surface area contributed by atoms with Crippen LogP contribution in [0.25, 0.3) is 0 Å².